The van der Waals surface area contributed by atoms with E-state index in [1.165, 1.54) is 11.1 Å². The summed E-state index contributed by atoms with van der Waals surface area (Å²) in [6.07, 6.45) is 1.80. The quantitative estimate of drug-likeness (QED) is 0.844. The van der Waals surface area contributed by atoms with Crippen molar-refractivity contribution in [2.45, 2.75) is 18.9 Å². The number of anilines is 1. The van der Waals surface area contributed by atoms with Crippen LogP contribution in [0, 0.1) is 0 Å². The molecule has 0 radical (unpaired) electrons. The van der Waals surface area contributed by atoms with Crippen LogP contribution < -0.4 is 5.73 Å². The number of benzene rings is 1. The molecule has 7 heteroatoms. The summed E-state index contributed by atoms with van der Waals surface area (Å²) in [5, 5.41) is 9.03. The Labute approximate surface area is 133 Å². The largest absolute Gasteiger partial charge is 0.465 e. The molecule has 1 amide bonds. The van der Waals surface area contributed by atoms with Gasteiger partial charge in [0, 0.05) is 24.7 Å². The Morgan fingerprint density at radius 3 is 2.43 bits per heavy atom. The Morgan fingerprint density at radius 2 is 1.83 bits per heavy atom. The summed E-state index contributed by atoms with van der Waals surface area (Å²) in [5.41, 5.74) is 6.56. The number of amides is 1. The zero-order valence-electron chi connectivity index (χ0n) is 12.6. The number of ketones is 1. The number of carboxylic acid groups (broad SMARTS) is 1. The number of likely N-dealkylation sites (tertiary alicyclic amines) is 1. The van der Waals surface area contributed by atoms with E-state index in [-0.39, 0.29) is 11.8 Å². The van der Waals surface area contributed by atoms with Gasteiger partial charge in [0.05, 0.1) is 6.20 Å². The molecule has 3 N–H and O–H groups in total. The number of hydrogen-bond acceptors (Lipinski definition) is 4. The molecule has 120 valence electrons. The highest BCUT2D eigenvalue weighted by atomic mass is 16.4. The average molecular weight is 314 g/mol. The lowest BCUT2D eigenvalue weighted by Gasteiger charge is -2.31. The molecular weight excluding hydrogens is 296 g/mol. The van der Waals surface area contributed by atoms with Gasteiger partial charge in [0.1, 0.15) is 5.82 Å². The van der Waals surface area contributed by atoms with Gasteiger partial charge in [-0.25, -0.2) is 9.78 Å². The molecule has 2 heterocycles. The molecular formula is C16H18N4O3. The van der Waals surface area contributed by atoms with Crippen molar-refractivity contribution in [3.8, 4) is 0 Å². The summed E-state index contributed by atoms with van der Waals surface area (Å²) < 4.78 is 1.74. The molecule has 0 bridgehead atoms. The number of aromatic nitrogens is 2. The van der Waals surface area contributed by atoms with Gasteiger partial charge in [-0.05, 0) is 12.8 Å². The molecule has 2 aromatic rings. The minimum absolute atomic E-state index is 0.0178. The maximum atomic E-state index is 12.7. The second-order valence-corrected chi connectivity index (χ2v) is 5.57. The first-order valence-electron chi connectivity index (χ1n) is 7.48. The number of nitrogens with two attached hydrogens (primary N) is 1. The van der Waals surface area contributed by atoms with Crippen LogP contribution in [0.15, 0.2) is 36.5 Å². The fraction of sp³-hybridized carbons (Fsp3) is 0.312. The fourth-order valence-electron chi connectivity index (χ4n) is 2.96. The third kappa shape index (κ3) is 2.90. The molecule has 1 saturated heterocycles. The predicted molar refractivity (Wildman–Crippen MR) is 84.4 cm³/mol. The lowest BCUT2D eigenvalue weighted by Crippen LogP contribution is -2.38. The van der Waals surface area contributed by atoms with Gasteiger partial charge in [-0.2, -0.15) is 0 Å². The van der Waals surface area contributed by atoms with Crippen molar-refractivity contribution in [2.75, 3.05) is 18.8 Å². The van der Waals surface area contributed by atoms with E-state index in [0.717, 1.165) is 0 Å². The highest BCUT2D eigenvalue weighted by Gasteiger charge is 2.28. The van der Waals surface area contributed by atoms with Crippen molar-refractivity contribution in [1.82, 2.24) is 14.5 Å². The van der Waals surface area contributed by atoms with Crippen LogP contribution in [-0.2, 0) is 0 Å². The summed E-state index contributed by atoms with van der Waals surface area (Å²) >= 11 is 0. The van der Waals surface area contributed by atoms with Gasteiger partial charge in [-0.1, -0.05) is 30.3 Å². The Morgan fingerprint density at radius 1 is 1.17 bits per heavy atom. The zero-order valence-corrected chi connectivity index (χ0v) is 12.6. The fourth-order valence-corrected chi connectivity index (χ4v) is 2.96. The lowest BCUT2D eigenvalue weighted by atomic mass is 10.0. The zero-order chi connectivity index (χ0) is 16.4. The number of hydrogen-bond donors (Lipinski definition) is 2. The molecule has 1 fully saturated rings. The Kier molecular flexibility index (Phi) is 4.01. The van der Waals surface area contributed by atoms with Crippen LogP contribution in [-0.4, -0.2) is 44.5 Å². The highest BCUT2D eigenvalue weighted by molar-refractivity contribution is 6.07. The summed E-state index contributed by atoms with van der Waals surface area (Å²) in [6.45, 7) is 0.854. The number of nitrogen functional groups attached to an aromatic ring is 1. The van der Waals surface area contributed by atoms with Crippen molar-refractivity contribution >= 4 is 17.7 Å². The van der Waals surface area contributed by atoms with Gasteiger partial charge in [0.15, 0.2) is 5.82 Å². The van der Waals surface area contributed by atoms with Crippen LogP contribution in [0.4, 0.5) is 10.6 Å². The standard InChI is InChI=1S/C16H18N4O3/c17-13-10-18-15(14(21)11-4-2-1-3-5-11)20(13)12-6-8-19(9-7-12)16(22)23/h1-5,10,12H,6-9,17H2,(H,22,23). The van der Waals surface area contributed by atoms with Crippen LogP contribution in [0.1, 0.15) is 35.1 Å². The third-order valence-electron chi connectivity index (χ3n) is 4.16. The van der Waals surface area contributed by atoms with Crippen LogP contribution >= 0.6 is 0 Å². The van der Waals surface area contributed by atoms with E-state index < -0.39 is 6.09 Å². The number of carbonyl (C=O) groups is 2. The maximum absolute atomic E-state index is 12.7. The van der Waals surface area contributed by atoms with Crippen LogP contribution in [0.5, 0.6) is 0 Å². The molecule has 0 atom stereocenters. The minimum atomic E-state index is -0.914. The van der Waals surface area contributed by atoms with Crippen molar-refractivity contribution in [3.63, 3.8) is 0 Å². The van der Waals surface area contributed by atoms with Gasteiger partial charge in [-0.15, -0.1) is 0 Å². The normalized spacial score (nSPS) is 15.6. The number of imidazole rings is 1. The van der Waals surface area contributed by atoms with Crippen molar-refractivity contribution in [3.05, 3.63) is 47.9 Å². The van der Waals surface area contributed by atoms with Gasteiger partial charge in [0.2, 0.25) is 5.78 Å². The maximum Gasteiger partial charge on any atom is 0.407 e. The van der Waals surface area contributed by atoms with Gasteiger partial charge in [-0.3, -0.25) is 4.79 Å². The summed E-state index contributed by atoms with van der Waals surface area (Å²) in [4.78, 5) is 29.2. The Bertz CT molecular complexity index is 718. The van der Waals surface area contributed by atoms with E-state index >= 15 is 0 Å². The first-order chi connectivity index (χ1) is 11.1. The number of nitrogens with zero attached hydrogens (tertiary/aromatic N) is 3. The molecule has 7 nitrogen and oxygen atoms in total. The second kappa shape index (κ2) is 6.12. The molecule has 0 aliphatic carbocycles. The predicted octanol–water partition coefficient (Wildman–Crippen LogP) is 2.01. The molecule has 0 saturated carbocycles. The van der Waals surface area contributed by atoms with Gasteiger partial charge >= 0.3 is 6.09 Å². The van der Waals surface area contributed by atoms with E-state index in [4.69, 9.17) is 10.8 Å². The Balaban J connectivity index is 1.86. The monoisotopic (exact) mass is 314 g/mol. The molecule has 3 rings (SSSR count). The molecule has 1 aliphatic rings. The van der Waals surface area contributed by atoms with E-state index in [0.29, 0.717) is 43.1 Å². The molecule has 1 aliphatic heterocycles. The number of piperidine rings is 1. The van der Waals surface area contributed by atoms with Crippen LogP contribution in [0.25, 0.3) is 0 Å². The van der Waals surface area contributed by atoms with Gasteiger partial charge < -0.3 is 20.3 Å². The second-order valence-electron chi connectivity index (χ2n) is 5.57. The summed E-state index contributed by atoms with van der Waals surface area (Å²) in [6, 6.07) is 8.91. The van der Waals surface area contributed by atoms with Gasteiger partial charge in [0.25, 0.3) is 0 Å². The molecule has 0 spiro atoms. The van der Waals surface area contributed by atoms with E-state index in [2.05, 4.69) is 4.98 Å². The minimum Gasteiger partial charge on any atom is -0.465 e. The average Bonchev–Trinajstić information content (AvgIpc) is 2.96. The van der Waals surface area contributed by atoms with Crippen LogP contribution in [0.2, 0.25) is 0 Å². The smallest absolute Gasteiger partial charge is 0.407 e. The first kappa shape index (κ1) is 15.1. The van der Waals surface area contributed by atoms with Crippen LogP contribution in [0.3, 0.4) is 0 Å². The van der Waals surface area contributed by atoms with E-state index in [1.54, 1.807) is 28.8 Å². The van der Waals surface area contributed by atoms with E-state index in [1.807, 2.05) is 6.07 Å². The van der Waals surface area contributed by atoms with Crippen molar-refractivity contribution in [1.29, 1.82) is 0 Å². The lowest BCUT2D eigenvalue weighted by molar-refractivity contribution is 0.101. The summed E-state index contributed by atoms with van der Waals surface area (Å²) in [7, 11) is 0. The highest BCUT2D eigenvalue weighted by Crippen LogP contribution is 2.27. The number of rotatable bonds is 3. The number of carbonyl (C=O) groups excluding carboxylic acids is 1. The SMILES string of the molecule is Nc1cnc(C(=O)c2ccccc2)n1C1CCN(C(=O)O)CC1. The molecule has 1 aromatic carbocycles. The molecule has 23 heavy (non-hydrogen) atoms. The summed E-state index contributed by atoms with van der Waals surface area (Å²) in [5.74, 6) is 0.559. The van der Waals surface area contributed by atoms with E-state index in [9.17, 15) is 9.59 Å². The van der Waals surface area contributed by atoms with Crippen molar-refractivity contribution < 1.29 is 14.7 Å². The Hall–Kier alpha value is -2.83. The third-order valence-corrected chi connectivity index (χ3v) is 4.16. The molecule has 0 unspecified atom stereocenters. The molecule has 1 aromatic heterocycles. The van der Waals surface area contributed by atoms with Crippen molar-refractivity contribution in [2.24, 2.45) is 0 Å². The topological polar surface area (TPSA) is 101 Å². The first-order valence-corrected chi connectivity index (χ1v) is 7.48.